The van der Waals surface area contributed by atoms with Crippen molar-refractivity contribution in [2.75, 3.05) is 5.73 Å². The molecule has 0 aliphatic heterocycles. The zero-order chi connectivity index (χ0) is 12.7. The Labute approximate surface area is 103 Å². The molecule has 2 aromatic heterocycles. The molecule has 0 aliphatic rings. The number of aryl methyl sites for hydroxylation is 1. The maximum Gasteiger partial charge on any atom is 0.207 e. The van der Waals surface area contributed by atoms with E-state index >= 15 is 0 Å². The molecule has 0 unspecified atom stereocenters. The lowest BCUT2D eigenvalue weighted by Gasteiger charge is -2.01. The SMILES string of the molecule is Cn1ccc(-n2c(N)nc3ccc(C#N)cc32)n1. The van der Waals surface area contributed by atoms with Gasteiger partial charge in [0.25, 0.3) is 0 Å². The molecule has 0 saturated carbocycles. The predicted octanol–water partition coefficient (Wildman–Crippen LogP) is 1.21. The Bertz CT molecular complexity index is 774. The van der Waals surface area contributed by atoms with E-state index in [0.717, 1.165) is 11.0 Å². The first-order valence-electron chi connectivity index (χ1n) is 5.37. The summed E-state index contributed by atoms with van der Waals surface area (Å²) in [5.41, 5.74) is 8.00. The first-order valence-corrected chi connectivity index (χ1v) is 5.37. The van der Waals surface area contributed by atoms with Crippen LogP contribution in [0.25, 0.3) is 16.9 Å². The highest BCUT2D eigenvalue weighted by atomic mass is 15.3. The molecule has 6 nitrogen and oxygen atoms in total. The quantitative estimate of drug-likeness (QED) is 0.690. The van der Waals surface area contributed by atoms with Crippen LogP contribution in [-0.2, 0) is 7.05 Å². The van der Waals surface area contributed by atoms with Crippen LogP contribution >= 0.6 is 0 Å². The fourth-order valence-electron chi connectivity index (χ4n) is 1.93. The lowest BCUT2D eigenvalue weighted by Crippen LogP contribution is -2.02. The van der Waals surface area contributed by atoms with E-state index in [1.807, 2.05) is 19.3 Å². The number of nitriles is 1. The highest BCUT2D eigenvalue weighted by molar-refractivity contribution is 5.81. The van der Waals surface area contributed by atoms with Crippen molar-refractivity contribution in [1.29, 1.82) is 5.26 Å². The molecular weight excluding hydrogens is 228 g/mol. The lowest BCUT2D eigenvalue weighted by molar-refractivity contribution is 0.754. The van der Waals surface area contributed by atoms with Gasteiger partial charge in [0.1, 0.15) is 0 Å². The predicted molar refractivity (Wildman–Crippen MR) is 67.0 cm³/mol. The van der Waals surface area contributed by atoms with Crippen LogP contribution < -0.4 is 5.73 Å². The van der Waals surface area contributed by atoms with Crippen LogP contribution in [-0.4, -0.2) is 19.3 Å². The van der Waals surface area contributed by atoms with Crippen molar-refractivity contribution in [3.63, 3.8) is 0 Å². The number of rotatable bonds is 1. The minimum Gasteiger partial charge on any atom is -0.369 e. The van der Waals surface area contributed by atoms with Crippen molar-refractivity contribution >= 4 is 17.0 Å². The van der Waals surface area contributed by atoms with E-state index in [4.69, 9.17) is 11.0 Å². The Hall–Kier alpha value is -2.81. The highest BCUT2D eigenvalue weighted by Crippen LogP contribution is 2.22. The molecule has 2 heterocycles. The second-order valence-electron chi connectivity index (χ2n) is 3.97. The molecule has 0 spiro atoms. The van der Waals surface area contributed by atoms with E-state index in [1.165, 1.54) is 0 Å². The largest absolute Gasteiger partial charge is 0.369 e. The Morgan fingerprint density at radius 3 is 2.83 bits per heavy atom. The van der Waals surface area contributed by atoms with Gasteiger partial charge < -0.3 is 5.73 Å². The Morgan fingerprint density at radius 2 is 2.17 bits per heavy atom. The molecule has 18 heavy (non-hydrogen) atoms. The second kappa shape index (κ2) is 3.60. The topological polar surface area (TPSA) is 85.5 Å². The molecule has 0 amide bonds. The second-order valence-corrected chi connectivity index (χ2v) is 3.97. The van der Waals surface area contributed by atoms with Crippen LogP contribution in [0.3, 0.4) is 0 Å². The van der Waals surface area contributed by atoms with Gasteiger partial charge in [-0.25, -0.2) is 4.98 Å². The van der Waals surface area contributed by atoms with Crippen molar-refractivity contribution in [2.24, 2.45) is 7.05 Å². The summed E-state index contributed by atoms with van der Waals surface area (Å²) in [6, 6.07) is 9.21. The molecule has 2 N–H and O–H groups in total. The van der Waals surface area contributed by atoms with Crippen LogP contribution in [0.15, 0.2) is 30.5 Å². The third kappa shape index (κ3) is 1.42. The van der Waals surface area contributed by atoms with Crippen LogP contribution in [0.5, 0.6) is 0 Å². The van der Waals surface area contributed by atoms with Gasteiger partial charge in [-0.05, 0) is 18.2 Å². The van der Waals surface area contributed by atoms with Crippen molar-refractivity contribution in [3.05, 3.63) is 36.0 Å². The highest BCUT2D eigenvalue weighted by Gasteiger charge is 2.12. The average Bonchev–Trinajstić information content (AvgIpc) is 2.90. The number of nitrogen functional groups attached to an aromatic ring is 1. The third-order valence-corrected chi connectivity index (χ3v) is 2.74. The van der Waals surface area contributed by atoms with Gasteiger partial charge in [0.2, 0.25) is 5.95 Å². The first kappa shape index (κ1) is 10.4. The molecule has 0 radical (unpaired) electrons. The van der Waals surface area contributed by atoms with Crippen molar-refractivity contribution < 1.29 is 0 Å². The Kier molecular flexibility index (Phi) is 2.07. The summed E-state index contributed by atoms with van der Waals surface area (Å²) in [4.78, 5) is 4.26. The summed E-state index contributed by atoms with van der Waals surface area (Å²) < 4.78 is 3.42. The molecule has 3 rings (SSSR count). The number of imidazole rings is 1. The van der Waals surface area contributed by atoms with Crippen LogP contribution in [0.2, 0.25) is 0 Å². The molecule has 3 aromatic rings. The average molecular weight is 238 g/mol. The normalized spacial score (nSPS) is 10.7. The molecule has 0 fully saturated rings. The van der Waals surface area contributed by atoms with Crippen molar-refractivity contribution in [1.82, 2.24) is 19.3 Å². The van der Waals surface area contributed by atoms with Gasteiger partial charge in [-0.2, -0.15) is 10.4 Å². The lowest BCUT2D eigenvalue weighted by atomic mass is 10.2. The number of hydrogen-bond donors (Lipinski definition) is 1. The maximum absolute atomic E-state index is 8.94. The standard InChI is InChI=1S/C12H10N6/c1-17-5-4-11(16-17)18-10-6-8(7-13)2-3-9(10)15-12(18)14/h2-6H,1H3,(H2,14,15). The van der Waals surface area contributed by atoms with Crippen LogP contribution in [0.1, 0.15) is 5.56 Å². The third-order valence-electron chi connectivity index (χ3n) is 2.74. The number of fused-ring (bicyclic) bond motifs is 1. The van der Waals surface area contributed by atoms with Crippen molar-refractivity contribution in [2.45, 2.75) is 0 Å². The van der Waals surface area contributed by atoms with E-state index in [0.29, 0.717) is 17.3 Å². The minimum absolute atomic E-state index is 0.360. The molecule has 0 bridgehead atoms. The van der Waals surface area contributed by atoms with Crippen LogP contribution in [0, 0.1) is 11.3 Å². The minimum atomic E-state index is 0.360. The molecule has 0 saturated heterocycles. The van der Waals surface area contributed by atoms with Gasteiger partial charge in [-0.3, -0.25) is 9.25 Å². The van der Waals surface area contributed by atoms with E-state index in [2.05, 4.69) is 16.2 Å². The summed E-state index contributed by atoms with van der Waals surface area (Å²) in [7, 11) is 1.83. The summed E-state index contributed by atoms with van der Waals surface area (Å²) in [6.45, 7) is 0. The molecule has 88 valence electrons. The van der Waals surface area contributed by atoms with Gasteiger partial charge in [0.15, 0.2) is 5.82 Å². The molecule has 0 atom stereocenters. The maximum atomic E-state index is 8.94. The summed E-state index contributed by atoms with van der Waals surface area (Å²) in [5.74, 6) is 1.05. The number of aromatic nitrogens is 4. The fraction of sp³-hybridized carbons (Fsp3) is 0.0833. The summed E-state index contributed by atoms with van der Waals surface area (Å²) in [5, 5.41) is 13.2. The number of anilines is 1. The van der Waals surface area contributed by atoms with Crippen LogP contribution in [0.4, 0.5) is 5.95 Å². The van der Waals surface area contributed by atoms with E-state index in [9.17, 15) is 0 Å². The fourth-order valence-corrected chi connectivity index (χ4v) is 1.93. The van der Waals surface area contributed by atoms with Crippen molar-refractivity contribution in [3.8, 4) is 11.9 Å². The number of hydrogen-bond acceptors (Lipinski definition) is 4. The molecule has 1 aromatic carbocycles. The van der Waals surface area contributed by atoms with Gasteiger partial charge in [-0.15, -0.1) is 0 Å². The smallest absolute Gasteiger partial charge is 0.207 e. The van der Waals surface area contributed by atoms with Gasteiger partial charge in [0.05, 0.1) is 22.7 Å². The monoisotopic (exact) mass is 238 g/mol. The Morgan fingerprint density at radius 1 is 1.33 bits per heavy atom. The van der Waals surface area contributed by atoms with E-state index < -0.39 is 0 Å². The zero-order valence-electron chi connectivity index (χ0n) is 9.70. The van der Waals surface area contributed by atoms with Gasteiger partial charge in [-0.1, -0.05) is 0 Å². The first-order chi connectivity index (χ1) is 8.69. The molecular formula is C12H10N6. The Balaban J connectivity index is 2.34. The number of nitrogens with zero attached hydrogens (tertiary/aromatic N) is 5. The molecule has 0 aliphatic carbocycles. The van der Waals surface area contributed by atoms with E-state index in [-0.39, 0.29) is 0 Å². The van der Waals surface area contributed by atoms with Gasteiger partial charge in [0, 0.05) is 19.3 Å². The molecule has 6 heteroatoms. The summed E-state index contributed by atoms with van der Waals surface area (Å²) in [6.07, 6.45) is 1.83. The summed E-state index contributed by atoms with van der Waals surface area (Å²) >= 11 is 0. The van der Waals surface area contributed by atoms with Gasteiger partial charge >= 0.3 is 0 Å². The number of benzene rings is 1. The van der Waals surface area contributed by atoms with E-state index in [1.54, 1.807) is 27.4 Å². The number of nitrogens with two attached hydrogens (primary N) is 1. The zero-order valence-corrected chi connectivity index (χ0v) is 9.70.